The lowest BCUT2D eigenvalue weighted by Crippen LogP contribution is -2.46. The number of hydrogen-bond donors (Lipinski definition) is 3. The van der Waals surface area contributed by atoms with E-state index in [1.807, 2.05) is 0 Å². The van der Waals surface area contributed by atoms with Crippen molar-refractivity contribution in [3.8, 4) is 5.75 Å². The van der Waals surface area contributed by atoms with Crippen molar-refractivity contribution in [1.82, 2.24) is 5.32 Å². The van der Waals surface area contributed by atoms with Crippen LogP contribution in [0.3, 0.4) is 0 Å². The predicted molar refractivity (Wildman–Crippen MR) is 90.3 cm³/mol. The average Bonchev–Trinajstić information content (AvgIpc) is 2.61. The Labute approximate surface area is 145 Å². The van der Waals surface area contributed by atoms with Crippen LogP contribution in [0.1, 0.15) is 38.5 Å². The Hall–Kier alpha value is -2.57. The van der Waals surface area contributed by atoms with Gasteiger partial charge < -0.3 is 20.5 Å². The molecular weight excluding hydrogens is 324 g/mol. The molecule has 1 heterocycles. The van der Waals surface area contributed by atoms with Crippen LogP contribution in [0.25, 0.3) is 0 Å². The second-order valence-electron chi connectivity index (χ2n) is 6.72. The minimum Gasteiger partial charge on any atom is -0.481 e. The van der Waals surface area contributed by atoms with Gasteiger partial charge in [-0.1, -0.05) is 31.4 Å². The van der Waals surface area contributed by atoms with E-state index in [-0.39, 0.29) is 24.8 Å². The summed E-state index contributed by atoms with van der Waals surface area (Å²) in [5, 5.41) is 14.9. The molecule has 0 spiro atoms. The number of anilines is 1. The van der Waals surface area contributed by atoms with E-state index in [4.69, 9.17) is 4.74 Å². The minimum atomic E-state index is -0.915. The van der Waals surface area contributed by atoms with E-state index < -0.39 is 17.5 Å². The molecule has 0 radical (unpaired) electrons. The number of carbonyl (C=O) groups excluding carboxylic acids is 2. The highest BCUT2D eigenvalue weighted by Crippen LogP contribution is 2.36. The molecule has 2 amide bonds. The Bertz CT molecular complexity index is 682. The van der Waals surface area contributed by atoms with Gasteiger partial charge in [0.1, 0.15) is 5.75 Å². The standard InChI is InChI=1S/C18H22N2O5/c21-15(19-11-18(17(23)24)8-4-1-5-9-18)10-14-16(22)20-12-6-2-3-7-13(12)25-14/h2-3,6-7,14H,1,4-5,8-11H2,(H,19,21)(H,20,22)(H,23,24). The molecule has 1 aromatic carbocycles. The highest BCUT2D eigenvalue weighted by Gasteiger charge is 2.40. The van der Waals surface area contributed by atoms with Gasteiger partial charge in [-0.05, 0) is 25.0 Å². The van der Waals surface area contributed by atoms with Crippen LogP contribution in [0, 0.1) is 5.41 Å². The van der Waals surface area contributed by atoms with Crippen LogP contribution >= 0.6 is 0 Å². The largest absolute Gasteiger partial charge is 0.481 e. The summed E-state index contributed by atoms with van der Waals surface area (Å²) in [6.07, 6.45) is 2.81. The number of amides is 2. The molecule has 1 fully saturated rings. The van der Waals surface area contributed by atoms with Crippen molar-refractivity contribution in [2.45, 2.75) is 44.6 Å². The fourth-order valence-corrected chi connectivity index (χ4v) is 3.43. The molecule has 134 valence electrons. The van der Waals surface area contributed by atoms with Crippen molar-refractivity contribution in [2.24, 2.45) is 5.41 Å². The van der Waals surface area contributed by atoms with E-state index in [9.17, 15) is 19.5 Å². The predicted octanol–water partition coefficient (Wildman–Crippen LogP) is 1.93. The third kappa shape index (κ3) is 3.75. The maximum atomic E-state index is 12.2. The molecule has 0 aromatic heterocycles. The molecule has 0 saturated heterocycles. The molecule has 1 atom stereocenters. The van der Waals surface area contributed by atoms with Crippen LogP contribution in [-0.2, 0) is 14.4 Å². The zero-order valence-corrected chi connectivity index (χ0v) is 13.9. The van der Waals surface area contributed by atoms with E-state index >= 15 is 0 Å². The summed E-state index contributed by atoms with van der Waals surface area (Å²) >= 11 is 0. The number of carboxylic acids is 1. The van der Waals surface area contributed by atoms with E-state index in [1.54, 1.807) is 24.3 Å². The summed E-state index contributed by atoms with van der Waals surface area (Å²) < 4.78 is 5.59. The molecule has 1 aliphatic carbocycles. The van der Waals surface area contributed by atoms with E-state index in [0.29, 0.717) is 24.3 Å². The van der Waals surface area contributed by atoms with Crippen molar-refractivity contribution in [2.75, 3.05) is 11.9 Å². The number of aliphatic carboxylic acids is 1. The first-order chi connectivity index (χ1) is 12.0. The lowest BCUT2D eigenvalue weighted by atomic mass is 9.74. The number of carboxylic acid groups (broad SMARTS) is 1. The molecule has 2 aliphatic rings. The van der Waals surface area contributed by atoms with Gasteiger partial charge in [0.05, 0.1) is 17.5 Å². The summed E-state index contributed by atoms with van der Waals surface area (Å²) in [7, 11) is 0. The van der Waals surface area contributed by atoms with Gasteiger partial charge in [-0.15, -0.1) is 0 Å². The molecule has 1 aromatic rings. The third-order valence-electron chi connectivity index (χ3n) is 4.97. The van der Waals surface area contributed by atoms with Gasteiger partial charge in [-0.3, -0.25) is 14.4 Å². The number of benzene rings is 1. The topological polar surface area (TPSA) is 105 Å². The van der Waals surface area contributed by atoms with Crippen LogP contribution in [0.5, 0.6) is 5.75 Å². The molecule has 7 nitrogen and oxygen atoms in total. The van der Waals surface area contributed by atoms with Crippen LogP contribution < -0.4 is 15.4 Å². The smallest absolute Gasteiger partial charge is 0.311 e. The summed E-state index contributed by atoms with van der Waals surface area (Å²) in [6.45, 7) is 0.0894. The lowest BCUT2D eigenvalue weighted by Gasteiger charge is -2.33. The van der Waals surface area contributed by atoms with Crippen molar-refractivity contribution in [1.29, 1.82) is 0 Å². The van der Waals surface area contributed by atoms with Crippen molar-refractivity contribution in [3.63, 3.8) is 0 Å². The zero-order valence-electron chi connectivity index (χ0n) is 13.9. The lowest BCUT2D eigenvalue weighted by molar-refractivity contribution is -0.151. The van der Waals surface area contributed by atoms with Crippen LogP contribution in [0.15, 0.2) is 24.3 Å². The maximum absolute atomic E-state index is 12.2. The summed E-state index contributed by atoms with van der Waals surface area (Å²) in [6, 6.07) is 7.02. The molecule has 1 aliphatic heterocycles. The Morgan fingerprint density at radius 3 is 2.68 bits per heavy atom. The molecule has 0 bridgehead atoms. The molecular formula is C18H22N2O5. The Kier molecular flexibility index (Phi) is 4.92. The van der Waals surface area contributed by atoms with E-state index in [0.717, 1.165) is 19.3 Å². The highest BCUT2D eigenvalue weighted by molar-refractivity contribution is 6.00. The Balaban J connectivity index is 1.57. The fraction of sp³-hybridized carbons (Fsp3) is 0.500. The number of para-hydroxylation sites is 2. The minimum absolute atomic E-state index is 0.0894. The van der Waals surface area contributed by atoms with Gasteiger partial charge in [-0.2, -0.15) is 0 Å². The first-order valence-corrected chi connectivity index (χ1v) is 8.57. The number of carbonyl (C=O) groups is 3. The fourth-order valence-electron chi connectivity index (χ4n) is 3.43. The average molecular weight is 346 g/mol. The maximum Gasteiger partial charge on any atom is 0.311 e. The molecule has 25 heavy (non-hydrogen) atoms. The Morgan fingerprint density at radius 2 is 1.96 bits per heavy atom. The molecule has 7 heteroatoms. The van der Waals surface area contributed by atoms with Gasteiger partial charge in [-0.25, -0.2) is 0 Å². The van der Waals surface area contributed by atoms with Crippen LogP contribution in [0.4, 0.5) is 5.69 Å². The first-order valence-electron chi connectivity index (χ1n) is 8.57. The SMILES string of the molecule is O=C(CC1Oc2ccccc2NC1=O)NCC1(C(=O)O)CCCCC1. The first kappa shape index (κ1) is 17.3. The van der Waals surface area contributed by atoms with Crippen molar-refractivity contribution in [3.05, 3.63) is 24.3 Å². The number of fused-ring (bicyclic) bond motifs is 1. The normalized spacial score (nSPS) is 21.4. The summed E-state index contributed by atoms with van der Waals surface area (Å²) in [5.74, 6) is -1.10. The summed E-state index contributed by atoms with van der Waals surface area (Å²) in [5.41, 5.74) is -0.313. The second-order valence-corrected chi connectivity index (χ2v) is 6.72. The quantitative estimate of drug-likeness (QED) is 0.755. The number of rotatable bonds is 5. The van der Waals surface area contributed by atoms with Crippen LogP contribution in [-0.4, -0.2) is 35.5 Å². The van der Waals surface area contributed by atoms with Gasteiger partial charge in [0, 0.05) is 6.54 Å². The monoisotopic (exact) mass is 346 g/mol. The highest BCUT2D eigenvalue weighted by atomic mass is 16.5. The van der Waals surface area contributed by atoms with Crippen LogP contribution in [0.2, 0.25) is 0 Å². The van der Waals surface area contributed by atoms with E-state index in [2.05, 4.69) is 10.6 Å². The number of hydrogen-bond acceptors (Lipinski definition) is 4. The number of ether oxygens (including phenoxy) is 1. The molecule has 3 rings (SSSR count). The van der Waals surface area contributed by atoms with Gasteiger partial charge in [0.2, 0.25) is 5.91 Å². The molecule has 1 unspecified atom stereocenters. The van der Waals surface area contributed by atoms with Crippen molar-refractivity contribution >= 4 is 23.5 Å². The van der Waals surface area contributed by atoms with E-state index in [1.165, 1.54) is 0 Å². The number of nitrogens with one attached hydrogen (secondary N) is 2. The second kappa shape index (κ2) is 7.13. The third-order valence-corrected chi connectivity index (χ3v) is 4.97. The van der Waals surface area contributed by atoms with Crippen molar-refractivity contribution < 1.29 is 24.2 Å². The molecule has 1 saturated carbocycles. The zero-order chi connectivity index (χ0) is 17.9. The summed E-state index contributed by atoms with van der Waals surface area (Å²) in [4.78, 5) is 35.9. The Morgan fingerprint density at radius 1 is 1.24 bits per heavy atom. The van der Waals surface area contributed by atoms with Gasteiger partial charge in [0.15, 0.2) is 6.10 Å². The molecule has 3 N–H and O–H groups in total. The van der Waals surface area contributed by atoms with Gasteiger partial charge >= 0.3 is 5.97 Å². The van der Waals surface area contributed by atoms with Gasteiger partial charge in [0.25, 0.3) is 5.91 Å².